The van der Waals surface area contributed by atoms with Gasteiger partial charge in [0.05, 0.1) is 12.0 Å². The van der Waals surface area contributed by atoms with E-state index >= 15 is 0 Å². The molecule has 2 aliphatic heterocycles. The Balaban J connectivity index is 0.00000361. The van der Waals surface area contributed by atoms with E-state index in [1.165, 1.54) is 61.7 Å². The van der Waals surface area contributed by atoms with E-state index in [0.29, 0.717) is 18.3 Å². The van der Waals surface area contributed by atoms with Gasteiger partial charge in [-0.2, -0.15) is 0 Å². The van der Waals surface area contributed by atoms with Gasteiger partial charge in [0.2, 0.25) is 0 Å². The molecule has 0 N–H and O–H groups in total. The molecule has 0 radical (unpaired) electrons. The summed E-state index contributed by atoms with van der Waals surface area (Å²) in [5.74, 6) is 2.45. The lowest BCUT2D eigenvalue weighted by Gasteiger charge is -2.36. The van der Waals surface area contributed by atoms with Gasteiger partial charge in [0.15, 0.2) is 0 Å². The Labute approximate surface area is 225 Å². The van der Waals surface area contributed by atoms with Crippen LogP contribution in [0, 0.1) is 5.92 Å². The number of nitrogens with zero attached hydrogens (tertiary/aromatic N) is 1. The van der Waals surface area contributed by atoms with Crippen molar-refractivity contribution in [2.75, 3.05) is 19.6 Å². The van der Waals surface area contributed by atoms with Crippen molar-refractivity contribution >= 4 is 23.9 Å². The fourth-order valence-electron chi connectivity index (χ4n) is 6.25. The third-order valence-corrected chi connectivity index (χ3v) is 8.65. The van der Waals surface area contributed by atoms with Crippen LogP contribution in [0.1, 0.15) is 122 Å². The Bertz CT molecular complexity index is 932. The molecule has 2 atom stereocenters. The number of hydrogen-bond acceptors (Lipinski definition) is 4. The van der Waals surface area contributed by atoms with Crippen LogP contribution >= 0.6 is 12.4 Å². The zero-order valence-electron chi connectivity index (χ0n) is 23.3. The predicted molar refractivity (Wildman–Crippen MR) is 151 cm³/mol. The number of piperidine rings is 1. The highest BCUT2D eigenvalue weighted by molar-refractivity contribution is 5.85. The number of unbranched alkanes of at least 4 members (excludes halogenated alkanes) is 2. The molecule has 3 aliphatic rings. The van der Waals surface area contributed by atoms with Gasteiger partial charge in [-0.15, -0.1) is 12.4 Å². The largest absolute Gasteiger partial charge is 0.483 e. The molecular formula is C31H48ClNO3. The summed E-state index contributed by atoms with van der Waals surface area (Å²) >= 11 is 0. The molecule has 1 saturated heterocycles. The Morgan fingerprint density at radius 3 is 2.56 bits per heavy atom. The van der Waals surface area contributed by atoms with Gasteiger partial charge in [-0.25, -0.2) is 0 Å². The lowest BCUT2D eigenvalue weighted by Crippen LogP contribution is -2.34. The quantitative estimate of drug-likeness (QED) is 0.178. The molecule has 0 aromatic heterocycles. The van der Waals surface area contributed by atoms with Gasteiger partial charge < -0.3 is 14.4 Å². The summed E-state index contributed by atoms with van der Waals surface area (Å²) in [6.07, 6.45) is 12.5. The number of halogens is 1. The molecule has 36 heavy (non-hydrogen) atoms. The maximum absolute atomic E-state index is 13.0. The van der Waals surface area contributed by atoms with Crippen molar-refractivity contribution in [1.82, 2.24) is 4.90 Å². The van der Waals surface area contributed by atoms with Crippen molar-refractivity contribution in [1.29, 1.82) is 0 Å². The third-order valence-electron chi connectivity index (χ3n) is 8.65. The molecule has 2 heterocycles. The standard InChI is InChI=1S/C31H47NO3.ClH/c1-6-7-9-13-22(2)23(3)24-20-27(34-29(33)16-19-32-17-10-8-11-18-32)30-25-14-12-15-26(25)31(4,5)35-28(30)21-24;/h20-23H,6-19H2,1-5H3;1H. The van der Waals surface area contributed by atoms with Gasteiger partial charge in [-0.3, -0.25) is 4.79 Å². The average Bonchev–Trinajstić information content (AvgIpc) is 3.33. The van der Waals surface area contributed by atoms with Gasteiger partial charge in [-0.05, 0) is 99.7 Å². The topological polar surface area (TPSA) is 38.8 Å². The number of carbonyl (C=O) groups is 1. The summed E-state index contributed by atoms with van der Waals surface area (Å²) < 4.78 is 12.8. The number of rotatable bonds is 10. The number of fused-ring (bicyclic) bond motifs is 2. The van der Waals surface area contributed by atoms with Crippen molar-refractivity contribution in [2.45, 2.75) is 117 Å². The van der Waals surface area contributed by atoms with Crippen LogP contribution in [0.2, 0.25) is 0 Å². The Morgan fingerprint density at radius 1 is 1.08 bits per heavy atom. The molecular weight excluding hydrogens is 470 g/mol. The normalized spacial score (nSPS) is 20.6. The maximum Gasteiger partial charge on any atom is 0.312 e. The molecule has 202 valence electrons. The predicted octanol–water partition coefficient (Wildman–Crippen LogP) is 8.32. The number of esters is 1. The molecule has 2 unspecified atom stereocenters. The molecule has 5 heteroatoms. The van der Waals surface area contributed by atoms with Crippen LogP contribution < -0.4 is 9.47 Å². The molecule has 1 aromatic carbocycles. The first-order chi connectivity index (χ1) is 16.8. The van der Waals surface area contributed by atoms with Crippen LogP contribution in [-0.4, -0.2) is 36.1 Å². The van der Waals surface area contributed by atoms with Crippen LogP contribution in [0.15, 0.2) is 17.7 Å². The second-order valence-corrected chi connectivity index (χ2v) is 11.7. The van der Waals surface area contributed by atoms with E-state index in [0.717, 1.165) is 56.0 Å². The summed E-state index contributed by atoms with van der Waals surface area (Å²) in [6, 6.07) is 4.40. The number of hydrogen-bond donors (Lipinski definition) is 0. The first-order valence-corrected chi connectivity index (χ1v) is 14.3. The van der Waals surface area contributed by atoms with Crippen LogP contribution in [-0.2, 0) is 4.79 Å². The van der Waals surface area contributed by atoms with Crippen molar-refractivity contribution in [3.8, 4) is 11.5 Å². The van der Waals surface area contributed by atoms with E-state index < -0.39 is 0 Å². The Morgan fingerprint density at radius 2 is 1.83 bits per heavy atom. The summed E-state index contributed by atoms with van der Waals surface area (Å²) in [5.41, 5.74) is 4.69. The van der Waals surface area contributed by atoms with Crippen molar-refractivity contribution in [3.63, 3.8) is 0 Å². The van der Waals surface area contributed by atoms with Gasteiger partial charge in [-0.1, -0.05) is 52.9 Å². The number of allylic oxidation sites excluding steroid dienone is 1. The molecule has 1 aromatic rings. The van der Waals surface area contributed by atoms with Crippen LogP contribution in [0.5, 0.6) is 11.5 Å². The maximum atomic E-state index is 13.0. The fourth-order valence-corrected chi connectivity index (χ4v) is 6.25. The van der Waals surface area contributed by atoms with Gasteiger partial charge in [0.25, 0.3) is 0 Å². The van der Waals surface area contributed by atoms with Gasteiger partial charge in [0, 0.05) is 6.54 Å². The van der Waals surface area contributed by atoms with E-state index in [-0.39, 0.29) is 24.0 Å². The molecule has 0 spiro atoms. The summed E-state index contributed by atoms with van der Waals surface area (Å²) in [4.78, 5) is 15.4. The van der Waals surface area contributed by atoms with Gasteiger partial charge in [0.1, 0.15) is 17.1 Å². The fraction of sp³-hybridized carbons (Fsp3) is 0.710. The van der Waals surface area contributed by atoms with Crippen molar-refractivity contribution < 1.29 is 14.3 Å². The summed E-state index contributed by atoms with van der Waals surface area (Å²) in [7, 11) is 0. The first kappa shape index (κ1) is 29.0. The zero-order chi connectivity index (χ0) is 25.0. The highest BCUT2D eigenvalue weighted by Crippen LogP contribution is 2.52. The monoisotopic (exact) mass is 517 g/mol. The lowest BCUT2D eigenvalue weighted by molar-refractivity contribution is -0.134. The minimum atomic E-state index is -0.303. The summed E-state index contributed by atoms with van der Waals surface area (Å²) in [6.45, 7) is 14.3. The smallest absolute Gasteiger partial charge is 0.312 e. The van der Waals surface area contributed by atoms with E-state index in [9.17, 15) is 4.79 Å². The van der Waals surface area contributed by atoms with Crippen LogP contribution in [0.3, 0.4) is 0 Å². The molecule has 0 amide bonds. The van der Waals surface area contributed by atoms with Crippen molar-refractivity contribution in [2.24, 2.45) is 5.92 Å². The van der Waals surface area contributed by atoms with Crippen LogP contribution in [0.4, 0.5) is 0 Å². The molecule has 4 rings (SSSR count). The SMILES string of the molecule is CCCCCC(C)C(C)c1cc(OC(=O)CCN2CCCCC2)c2c(c1)OC(C)(C)C1=C2CCC1.Cl. The van der Waals surface area contributed by atoms with E-state index in [4.69, 9.17) is 9.47 Å². The summed E-state index contributed by atoms with van der Waals surface area (Å²) in [5, 5.41) is 0. The lowest BCUT2D eigenvalue weighted by atomic mass is 9.82. The minimum Gasteiger partial charge on any atom is -0.483 e. The minimum absolute atomic E-state index is 0. The number of likely N-dealkylation sites (tertiary alicyclic amines) is 1. The second kappa shape index (κ2) is 12.8. The molecule has 1 aliphatic carbocycles. The third kappa shape index (κ3) is 6.67. The highest BCUT2D eigenvalue weighted by atomic mass is 35.5. The highest BCUT2D eigenvalue weighted by Gasteiger charge is 2.39. The number of carbonyl (C=O) groups excluding carboxylic acids is 1. The second-order valence-electron chi connectivity index (χ2n) is 11.7. The molecule has 1 fully saturated rings. The van der Waals surface area contributed by atoms with Crippen molar-refractivity contribution in [3.05, 3.63) is 28.8 Å². The average molecular weight is 518 g/mol. The molecule has 0 saturated carbocycles. The van der Waals surface area contributed by atoms with Crippen LogP contribution in [0.25, 0.3) is 5.57 Å². The van der Waals surface area contributed by atoms with E-state index in [1.54, 1.807) is 0 Å². The number of ether oxygens (including phenoxy) is 2. The number of benzene rings is 1. The first-order valence-electron chi connectivity index (χ1n) is 14.3. The zero-order valence-corrected chi connectivity index (χ0v) is 24.1. The van der Waals surface area contributed by atoms with E-state index in [2.05, 4.69) is 51.7 Å². The molecule has 4 nitrogen and oxygen atoms in total. The Hall–Kier alpha value is -1.52. The Kier molecular flexibility index (Phi) is 10.3. The van der Waals surface area contributed by atoms with E-state index in [1.807, 2.05) is 0 Å². The molecule has 0 bridgehead atoms. The van der Waals surface area contributed by atoms with Gasteiger partial charge >= 0.3 is 5.97 Å².